The Morgan fingerprint density at radius 2 is 1.62 bits per heavy atom. The zero-order valence-electron chi connectivity index (χ0n) is 15.8. The lowest BCUT2D eigenvalue weighted by Gasteiger charge is -2.24. The second-order valence-corrected chi connectivity index (χ2v) is 6.92. The lowest BCUT2D eigenvalue weighted by molar-refractivity contribution is 0.191. The van der Waals surface area contributed by atoms with Crippen molar-refractivity contribution in [2.45, 2.75) is 38.1 Å². The molecule has 2 unspecified atom stereocenters. The molecule has 0 aliphatic carbocycles. The summed E-state index contributed by atoms with van der Waals surface area (Å²) in [7, 11) is 1.77. The van der Waals surface area contributed by atoms with Gasteiger partial charge in [-0.15, -0.1) is 0 Å². The quantitative estimate of drug-likeness (QED) is 0.663. The van der Waals surface area contributed by atoms with Gasteiger partial charge in [0.15, 0.2) is 0 Å². The van der Waals surface area contributed by atoms with Crippen molar-refractivity contribution in [3.63, 3.8) is 0 Å². The first kappa shape index (κ1) is 18.5. The summed E-state index contributed by atoms with van der Waals surface area (Å²) >= 11 is 0. The van der Waals surface area contributed by atoms with Crippen molar-refractivity contribution in [3.05, 3.63) is 89.6 Å². The SMILES string of the molecule is COCCCCC1NC=CC(c2ccccc2)C(c2ccccc2)=C1C. The average Bonchev–Trinajstić information content (AvgIpc) is 2.86. The first-order valence-electron chi connectivity index (χ1n) is 9.54. The second-order valence-electron chi connectivity index (χ2n) is 6.92. The van der Waals surface area contributed by atoms with E-state index in [0.29, 0.717) is 6.04 Å². The number of nitrogens with one attached hydrogen (secondary N) is 1. The number of unbranched alkanes of at least 4 members (excludes halogenated alkanes) is 1. The lowest BCUT2D eigenvalue weighted by atomic mass is 9.82. The van der Waals surface area contributed by atoms with Crippen LogP contribution < -0.4 is 5.32 Å². The van der Waals surface area contributed by atoms with Crippen LogP contribution in [0, 0.1) is 0 Å². The first-order chi connectivity index (χ1) is 12.8. The van der Waals surface area contributed by atoms with Gasteiger partial charge in [0.05, 0.1) is 0 Å². The van der Waals surface area contributed by atoms with Gasteiger partial charge in [0.25, 0.3) is 0 Å². The lowest BCUT2D eigenvalue weighted by Crippen LogP contribution is -2.25. The summed E-state index contributed by atoms with van der Waals surface area (Å²) < 4.78 is 5.20. The molecule has 26 heavy (non-hydrogen) atoms. The topological polar surface area (TPSA) is 21.3 Å². The normalized spacial score (nSPS) is 19.9. The molecule has 1 heterocycles. The Labute approximate surface area is 157 Å². The molecule has 0 bridgehead atoms. The van der Waals surface area contributed by atoms with E-state index in [4.69, 9.17) is 4.74 Å². The van der Waals surface area contributed by atoms with Gasteiger partial charge in [-0.1, -0.05) is 66.7 Å². The van der Waals surface area contributed by atoms with Crippen LogP contribution in [0.2, 0.25) is 0 Å². The molecule has 0 spiro atoms. The summed E-state index contributed by atoms with van der Waals surface area (Å²) in [5, 5.41) is 3.63. The maximum Gasteiger partial charge on any atom is 0.0471 e. The van der Waals surface area contributed by atoms with Crippen LogP contribution in [-0.4, -0.2) is 19.8 Å². The van der Waals surface area contributed by atoms with Crippen molar-refractivity contribution in [2.24, 2.45) is 0 Å². The van der Waals surface area contributed by atoms with E-state index in [2.05, 4.69) is 85.2 Å². The summed E-state index contributed by atoms with van der Waals surface area (Å²) in [6, 6.07) is 22.0. The molecule has 136 valence electrons. The van der Waals surface area contributed by atoms with E-state index < -0.39 is 0 Å². The van der Waals surface area contributed by atoms with Crippen LogP contribution in [0.15, 0.2) is 78.5 Å². The Morgan fingerprint density at radius 3 is 2.31 bits per heavy atom. The van der Waals surface area contributed by atoms with Crippen molar-refractivity contribution in [2.75, 3.05) is 13.7 Å². The third kappa shape index (κ3) is 4.44. The van der Waals surface area contributed by atoms with E-state index in [9.17, 15) is 0 Å². The minimum absolute atomic E-state index is 0.273. The minimum atomic E-state index is 0.273. The second kappa shape index (κ2) is 9.40. The summed E-state index contributed by atoms with van der Waals surface area (Å²) in [4.78, 5) is 0. The van der Waals surface area contributed by atoms with Crippen LogP contribution in [0.25, 0.3) is 5.57 Å². The van der Waals surface area contributed by atoms with E-state index in [-0.39, 0.29) is 5.92 Å². The van der Waals surface area contributed by atoms with Gasteiger partial charge in [-0.2, -0.15) is 0 Å². The monoisotopic (exact) mass is 347 g/mol. The van der Waals surface area contributed by atoms with E-state index in [1.54, 1.807) is 7.11 Å². The zero-order valence-corrected chi connectivity index (χ0v) is 15.8. The first-order valence-corrected chi connectivity index (χ1v) is 9.54. The highest BCUT2D eigenvalue weighted by molar-refractivity contribution is 5.77. The van der Waals surface area contributed by atoms with Gasteiger partial charge in [0.1, 0.15) is 0 Å². The third-order valence-corrected chi connectivity index (χ3v) is 5.18. The fourth-order valence-corrected chi connectivity index (χ4v) is 3.78. The van der Waals surface area contributed by atoms with Crippen molar-refractivity contribution in [1.29, 1.82) is 0 Å². The number of rotatable bonds is 7. The third-order valence-electron chi connectivity index (χ3n) is 5.18. The van der Waals surface area contributed by atoms with Crippen LogP contribution in [0.5, 0.6) is 0 Å². The van der Waals surface area contributed by atoms with Crippen LogP contribution in [-0.2, 0) is 4.74 Å². The fraction of sp³-hybridized carbons (Fsp3) is 0.333. The predicted octanol–water partition coefficient (Wildman–Crippen LogP) is 5.55. The van der Waals surface area contributed by atoms with E-state index >= 15 is 0 Å². The molecule has 2 heteroatoms. The summed E-state index contributed by atoms with van der Waals surface area (Å²) in [5.74, 6) is 0.273. The highest BCUT2D eigenvalue weighted by Gasteiger charge is 2.24. The van der Waals surface area contributed by atoms with Gasteiger partial charge in [-0.3, -0.25) is 0 Å². The van der Waals surface area contributed by atoms with Crippen molar-refractivity contribution in [1.82, 2.24) is 5.32 Å². The van der Waals surface area contributed by atoms with E-state index in [1.807, 2.05) is 0 Å². The molecule has 0 saturated heterocycles. The van der Waals surface area contributed by atoms with Crippen LogP contribution in [0.1, 0.15) is 43.2 Å². The Kier molecular flexibility index (Phi) is 6.68. The van der Waals surface area contributed by atoms with Gasteiger partial charge in [-0.05, 0) is 54.7 Å². The largest absolute Gasteiger partial charge is 0.385 e. The molecule has 1 aliphatic heterocycles. The summed E-state index contributed by atoms with van der Waals surface area (Å²) in [5.41, 5.74) is 5.51. The molecule has 1 N–H and O–H groups in total. The molecule has 2 aromatic rings. The number of benzene rings is 2. The molecule has 2 aromatic carbocycles. The highest BCUT2D eigenvalue weighted by Crippen LogP contribution is 2.38. The number of allylic oxidation sites excluding steroid dienone is 2. The van der Waals surface area contributed by atoms with Crippen LogP contribution in [0.3, 0.4) is 0 Å². The molecule has 2 nitrogen and oxygen atoms in total. The standard InChI is InChI=1S/C24H29NO/c1-19-23(15-9-10-18-26-2)25-17-16-22(20-11-5-3-6-12-20)24(19)21-13-7-4-8-14-21/h3-8,11-14,16-17,22-23,25H,9-10,15,18H2,1-2H3. The average molecular weight is 348 g/mol. The van der Waals surface area contributed by atoms with Crippen molar-refractivity contribution in [3.8, 4) is 0 Å². The molecule has 2 atom stereocenters. The molecule has 0 radical (unpaired) electrons. The molecule has 0 aromatic heterocycles. The molecule has 0 saturated carbocycles. The Balaban J connectivity index is 1.96. The van der Waals surface area contributed by atoms with E-state index in [1.165, 1.54) is 22.3 Å². The van der Waals surface area contributed by atoms with Gasteiger partial charge in [-0.25, -0.2) is 0 Å². The Hall–Kier alpha value is -2.32. The zero-order chi connectivity index (χ0) is 18.2. The Morgan fingerprint density at radius 1 is 0.923 bits per heavy atom. The number of ether oxygens (including phenoxy) is 1. The molecule has 3 rings (SSSR count). The molecule has 0 fully saturated rings. The Bertz CT molecular complexity index is 733. The number of hydrogen-bond acceptors (Lipinski definition) is 2. The summed E-state index contributed by atoms with van der Waals surface area (Å²) in [6.07, 6.45) is 7.84. The predicted molar refractivity (Wildman–Crippen MR) is 110 cm³/mol. The van der Waals surface area contributed by atoms with Crippen molar-refractivity contribution >= 4 is 5.57 Å². The smallest absolute Gasteiger partial charge is 0.0471 e. The molecular formula is C24H29NO. The van der Waals surface area contributed by atoms with Crippen LogP contribution in [0.4, 0.5) is 0 Å². The van der Waals surface area contributed by atoms with Crippen LogP contribution >= 0.6 is 0 Å². The van der Waals surface area contributed by atoms with Gasteiger partial charge in [0, 0.05) is 25.7 Å². The van der Waals surface area contributed by atoms with Gasteiger partial charge >= 0.3 is 0 Å². The van der Waals surface area contributed by atoms with Crippen molar-refractivity contribution < 1.29 is 4.74 Å². The molecular weight excluding hydrogens is 318 g/mol. The minimum Gasteiger partial charge on any atom is -0.385 e. The maximum absolute atomic E-state index is 5.20. The molecule has 1 aliphatic rings. The number of methoxy groups -OCH3 is 1. The fourth-order valence-electron chi connectivity index (χ4n) is 3.78. The number of hydrogen-bond donors (Lipinski definition) is 1. The maximum atomic E-state index is 5.20. The van der Waals surface area contributed by atoms with Gasteiger partial charge in [0.2, 0.25) is 0 Å². The highest BCUT2D eigenvalue weighted by atomic mass is 16.5. The van der Waals surface area contributed by atoms with Gasteiger partial charge < -0.3 is 10.1 Å². The summed E-state index contributed by atoms with van der Waals surface area (Å²) in [6.45, 7) is 3.13. The molecule has 0 amide bonds. The van der Waals surface area contributed by atoms with E-state index in [0.717, 1.165) is 25.9 Å².